The Balaban J connectivity index is 1.68. The summed E-state index contributed by atoms with van der Waals surface area (Å²) in [5, 5.41) is 4.18. The van der Waals surface area contributed by atoms with Crippen molar-refractivity contribution in [3.05, 3.63) is 76.9 Å². The molecule has 2 N–H and O–H groups in total. The van der Waals surface area contributed by atoms with Crippen molar-refractivity contribution in [3.8, 4) is 11.5 Å². The van der Waals surface area contributed by atoms with Gasteiger partial charge in [0.05, 0.1) is 20.0 Å². The molecule has 6 nitrogen and oxygen atoms in total. The molecule has 0 unspecified atom stereocenters. The number of carbonyl (C=O) groups excluding carboxylic acids is 2. The quantitative estimate of drug-likeness (QED) is 0.193. The number of halogens is 7. The molecule has 202 valence electrons. The molecular formula is C24H17F7N2O4S. The number of rotatable bonds is 8. The molecule has 0 heterocycles. The van der Waals surface area contributed by atoms with Crippen molar-refractivity contribution in [2.24, 2.45) is 0 Å². The molecule has 0 aliphatic heterocycles. The van der Waals surface area contributed by atoms with E-state index in [0.717, 1.165) is 11.8 Å². The summed E-state index contributed by atoms with van der Waals surface area (Å²) in [6, 6.07) is 10.6. The number of thioether (sulfide) groups is 1. The zero-order valence-corrected chi connectivity index (χ0v) is 20.3. The van der Waals surface area contributed by atoms with Crippen LogP contribution in [0.3, 0.4) is 0 Å². The van der Waals surface area contributed by atoms with Crippen molar-refractivity contribution in [2.45, 2.75) is 11.1 Å². The minimum Gasteiger partial charge on any atom is -0.493 e. The largest absolute Gasteiger partial charge is 0.493 e. The highest BCUT2D eigenvalue weighted by Crippen LogP contribution is 2.38. The topological polar surface area (TPSA) is 76.7 Å². The number of methoxy groups -OCH3 is 2. The SMILES string of the molecule is COc1ccc(C(=O)Nc2cccc(SCC(=O)Nc3c(F)c(F)c(C(F)(F)F)c(F)c3F)c2)cc1OC. The lowest BCUT2D eigenvalue weighted by Crippen LogP contribution is -2.21. The Kier molecular flexibility index (Phi) is 8.76. The van der Waals surface area contributed by atoms with Crippen LogP contribution in [0.25, 0.3) is 0 Å². The summed E-state index contributed by atoms with van der Waals surface area (Å²) in [6.07, 6.45) is -5.70. The third-order valence-electron chi connectivity index (χ3n) is 4.92. The van der Waals surface area contributed by atoms with Gasteiger partial charge in [0.15, 0.2) is 34.8 Å². The lowest BCUT2D eigenvalue weighted by atomic mass is 10.1. The highest BCUT2D eigenvalue weighted by molar-refractivity contribution is 8.00. The lowest BCUT2D eigenvalue weighted by Gasteiger charge is -2.14. The summed E-state index contributed by atoms with van der Waals surface area (Å²) in [4.78, 5) is 25.1. The summed E-state index contributed by atoms with van der Waals surface area (Å²) in [5.41, 5.74) is -3.86. The molecule has 3 rings (SSSR count). The third kappa shape index (κ3) is 6.30. The molecule has 0 fully saturated rings. The summed E-state index contributed by atoms with van der Waals surface area (Å²) < 4.78 is 104. The predicted octanol–water partition coefficient (Wildman–Crippen LogP) is 6.26. The van der Waals surface area contributed by atoms with Crippen LogP contribution in [0.15, 0.2) is 47.4 Å². The number of amides is 2. The van der Waals surface area contributed by atoms with E-state index >= 15 is 0 Å². The predicted molar refractivity (Wildman–Crippen MR) is 125 cm³/mol. The van der Waals surface area contributed by atoms with E-state index in [1.54, 1.807) is 17.4 Å². The van der Waals surface area contributed by atoms with Crippen LogP contribution in [0, 0.1) is 23.3 Å². The molecule has 3 aromatic rings. The van der Waals surface area contributed by atoms with Gasteiger partial charge in [-0.25, -0.2) is 17.6 Å². The minimum atomic E-state index is -5.70. The van der Waals surface area contributed by atoms with Gasteiger partial charge in [0.2, 0.25) is 5.91 Å². The van der Waals surface area contributed by atoms with Crippen molar-refractivity contribution in [3.63, 3.8) is 0 Å². The van der Waals surface area contributed by atoms with Gasteiger partial charge in [-0.15, -0.1) is 11.8 Å². The number of carbonyl (C=O) groups is 2. The van der Waals surface area contributed by atoms with Crippen molar-refractivity contribution >= 4 is 35.0 Å². The molecule has 3 aromatic carbocycles. The first kappa shape index (κ1) is 28.6. The molecular weight excluding hydrogens is 545 g/mol. The maximum absolute atomic E-state index is 14.0. The second kappa shape index (κ2) is 11.6. The van der Waals surface area contributed by atoms with Crippen LogP contribution in [0.2, 0.25) is 0 Å². The standard InChI is InChI=1S/C24H17F7N2O4S/c1-36-14-7-6-11(8-15(14)37-2)23(35)32-12-4-3-5-13(9-12)38-10-16(34)33-22-20(27)18(25)17(24(29,30)31)19(26)21(22)28/h3-9H,10H2,1-2H3,(H,32,35)(H,33,34). The average molecular weight is 562 g/mol. The van der Waals surface area contributed by atoms with Crippen LogP contribution >= 0.6 is 11.8 Å². The normalized spacial score (nSPS) is 11.2. The van der Waals surface area contributed by atoms with Gasteiger partial charge in [-0.1, -0.05) is 6.07 Å². The van der Waals surface area contributed by atoms with E-state index in [1.165, 1.54) is 44.6 Å². The van der Waals surface area contributed by atoms with E-state index in [1.807, 2.05) is 0 Å². The second-order valence-electron chi connectivity index (χ2n) is 7.39. The van der Waals surface area contributed by atoms with E-state index in [4.69, 9.17) is 9.47 Å². The van der Waals surface area contributed by atoms with Gasteiger partial charge in [-0.2, -0.15) is 13.2 Å². The second-order valence-corrected chi connectivity index (χ2v) is 8.44. The van der Waals surface area contributed by atoms with Crippen LogP contribution < -0.4 is 20.1 Å². The third-order valence-corrected chi connectivity index (χ3v) is 5.91. The zero-order valence-electron chi connectivity index (χ0n) is 19.4. The minimum absolute atomic E-state index is 0.250. The summed E-state index contributed by atoms with van der Waals surface area (Å²) in [6.45, 7) is 0. The molecule has 0 atom stereocenters. The van der Waals surface area contributed by atoms with Crippen molar-refractivity contribution in [1.82, 2.24) is 0 Å². The maximum atomic E-state index is 14.0. The van der Waals surface area contributed by atoms with Gasteiger partial charge in [0.1, 0.15) is 11.3 Å². The van der Waals surface area contributed by atoms with E-state index in [9.17, 15) is 40.3 Å². The first-order chi connectivity index (χ1) is 17.9. The highest BCUT2D eigenvalue weighted by Gasteiger charge is 2.42. The molecule has 0 aromatic heterocycles. The Morgan fingerprint density at radius 2 is 1.47 bits per heavy atom. The molecule has 0 bridgehead atoms. The Morgan fingerprint density at radius 3 is 2.05 bits per heavy atom. The Labute approximate surface area is 215 Å². The molecule has 38 heavy (non-hydrogen) atoms. The molecule has 0 aliphatic rings. The monoisotopic (exact) mass is 562 g/mol. The van der Waals surface area contributed by atoms with Gasteiger partial charge >= 0.3 is 6.18 Å². The lowest BCUT2D eigenvalue weighted by molar-refractivity contribution is -0.143. The number of ether oxygens (including phenoxy) is 2. The number of alkyl halides is 3. The maximum Gasteiger partial charge on any atom is 0.422 e. The van der Waals surface area contributed by atoms with Crippen LogP contribution in [0.4, 0.5) is 42.1 Å². The van der Waals surface area contributed by atoms with Crippen LogP contribution in [0.5, 0.6) is 11.5 Å². The van der Waals surface area contributed by atoms with Gasteiger partial charge < -0.3 is 20.1 Å². The summed E-state index contributed by atoms with van der Waals surface area (Å²) in [7, 11) is 2.85. The molecule has 0 spiro atoms. The highest BCUT2D eigenvalue weighted by atomic mass is 32.2. The van der Waals surface area contributed by atoms with Gasteiger partial charge in [-0.05, 0) is 36.4 Å². The van der Waals surface area contributed by atoms with E-state index in [0.29, 0.717) is 22.1 Å². The number of nitrogens with one attached hydrogen (secondary N) is 2. The molecule has 0 radical (unpaired) electrons. The summed E-state index contributed by atoms with van der Waals surface area (Å²) in [5.74, 6) is -11.6. The number of hydrogen-bond donors (Lipinski definition) is 2. The van der Waals surface area contributed by atoms with E-state index < -0.39 is 58.3 Å². The van der Waals surface area contributed by atoms with Gasteiger partial charge in [0.25, 0.3) is 5.91 Å². The fourth-order valence-corrected chi connectivity index (χ4v) is 3.91. The zero-order chi connectivity index (χ0) is 28.2. The fourth-order valence-electron chi connectivity index (χ4n) is 3.16. The number of benzene rings is 3. The Morgan fingerprint density at radius 1 is 0.842 bits per heavy atom. The van der Waals surface area contributed by atoms with Crippen LogP contribution in [-0.2, 0) is 11.0 Å². The van der Waals surface area contributed by atoms with Gasteiger partial charge in [-0.3, -0.25) is 9.59 Å². The smallest absolute Gasteiger partial charge is 0.422 e. The molecule has 0 saturated heterocycles. The van der Waals surface area contributed by atoms with Crippen molar-refractivity contribution in [2.75, 3.05) is 30.6 Å². The van der Waals surface area contributed by atoms with Crippen LogP contribution in [0.1, 0.15) is 15.9 Å². The van der Waals surface area contributed by atoms with E-state index in [2.05, 4.69) is 5.32 Å². The van der Waals surface area contributed by atoms with E-state index in [-0.39, 0.29) is 5.56 Å². The van der Waals surface area contributed by atoms with Gasteiger partial charge in [0, 0.05) is 16.1 Å². The molecule has 2 amide bonds. The average Bonchev–Trinajstić information content (AvgIpc) is 2.87. The fraction of sp³-hybridized carbons (Fsp3) is 0.167. The molecule has 0 saturated carbocycles. The first-order valence-electron chi connectivity index (χ1n) is 10.4. The molecule has 14 heteroatoms. The Hall–Kier alpha value is -3.94. The van der Waals surface area contributed by atoms with Crippen LogP contribution in [-0.4, -0.2) is 31.8 Å². The Bertz CT molecular complexity index is 1350. The van der Waals surface area contributed by atoms with Crippen molar-refractivity contribution in [1.29, 1.82) is 0 Å². The summed E-state index contributed by atoms with van der Waals surface area (Å²) >= 11 is 0.811. The molecule has 0 aliphatic carbocycles. The number of anilines is 2. The first-order valence-corrected chi connectivity index (χ1v) is 11.3. The number of hydrogen-bond acceptors (Lipinski definition) is 5. The van der Waals surface area contributed by atoms with Crippen molar-refractivity contribution < 1.29 is 49.8 Å².